The van der Waals surface area contributed by atoms with Crippen molar-refractivity contribution in [2.75, 3.05) is 20.6 Å². The summed E-state index contributed by atoms with van der Waals surface area (Å²) < 4.78 is 5.32. The van der Waals surface area contributed by atoms with Crippen molar-refractivity contribution in [3.05, 3.63) is 52.4 Å². The maximum Gasteiger partial charge on any atom is 0.256 e. The molecule has 136 valence electrons. The second-order valence-electron chi connectivity index (χ2n) is 6.95. The average molecular weight is 343 g/mol. The molecule has 0 saturated carbocycles. The van der Waals surface area contributed by atoms with Gasteiger partial charge in [0.25, 0.3) is 5.91 Å². The third kappa shape index (κ3) is 4.48. The van der Waals surface area contributed by atoms with Crippen LogP contribution in [0.15, 0.2) is 28.8 Å². The van der Waals surface area contributed by atoms with E-state index in [0.29, 0.717) is 23.6 Å². The first-order valence-electron chi connectivity index (χ1n) is 8.84. The largest absolute Gasteiger partial charge is 0.360 e. The maximum atomic E-state index is 12.7. The predicted molar refractivity (Wildman–Crippen MR) is 99.9 cm³/mol. The Morgan fingerprint density at radius 1 is 1.24 bits per heavy atom. The number of rotatable bonds is 7. The summed E-state index contributed by atoms with van der Waals surface area (Å²) in [6, 6.07) is 8.68. The molecule has 1 aromatic heterocycles. The fourth-order valence-corrected chi connectivity index (χ4v) is 2.91. The lowest BCUT2D eigenvalue weighted by Crippen LogP contribution is -2.35. The average Bonchev–Trinajstić information content (AvgIpc) is 2.97. The monoisotopic (exact) mass is 343 g/mol. The number of aromatic nitrogens is 1. The van der Waals surface area contributed by atoms with E-state index < -0.39 is 0 Å². The Balaban J connectivity index is 2.13. The molecule has 1 heterocycles. The van der Waals surface area contributed by atoms with Crippen molar-refractivity contribution >= 4 is 5.91 Å². The van der Waals surface area contributed by atoms with Crippen molar-refractivity contribution in [1.82, 2.24) is 15.4 Å². The molecule has 1 aromatic carbocycles. The zero-order valence-electron chi connectivity index (χ0n) is 16.1. The SMILES string of the molecule is CCc1ccc(C(CNC(=O)c2c(C)noc2C(C)C)N(C)C)cc1. The van der Waals surface area contributed by atoms with Crippen molar-refractivity contribution in [2.24, 2.45) is 0 Å². The fourth-order valence-electron chi connectivity index (χ4n) is 2.91. The number of aryl methyl sites for hydroxylation is 2. The van der Waals surface area contributed by atoms with Gasteiger partial charge in [0.15, 0.2) is 5.76 Å². The van der Waals surface area contributed by atoms with Gasteiger partial charge in [0.1, 0.15) is 5.56 Å². The van der Waals surface area contributed by atoms with Gasteiger partial charge in [0.05, 0.1) is 11.7 Å². The molecule has 0 radical (unpaired) electrons. The van der Waals surface area contributed by atoms with Crippen LogP contribution in [0.3, 0.4) is 0 Å². The second-order valence-corrected chi connectivity index (χ2v) is 6.95. The Kier molecular flexibility index (Phi) is 6.37. The van der Waals surface area contributed by atoms with Crippen LogP contribution in [0.4, 0.5) is 0 Å². The highest BCUT2D eigenvalue weighted by Gasteiger charge is 2.23. The van der Waals surface area contributed by atoms with E-state index in [1.54, 1.807) is 6.92 Å². The number of nitrogens with one attached hydrogen (secondary N) is 1. The molecule has 0 aliphatic heterocycles. The number of hydrogen-bond donors (Lipinski definition) is 1. The molecule has 0 saturated heterocycles. The van der Waals surface area contributed by atoms with E-state index >= 15 is 0 Å². The summed E-state index contributed by atoms with van der Waals surface area (Å²) in [7, 11) is 4.05. The molecule has 0 aliphatic carbocycles. The zero-order chi connectivity index (χ0) is 18.6. The highest BCUT2D eigenvalue weighted by atomic mass is 16.5. The first kappa shape index (κ1) is 19.2. The van der Waals surface area contributed by atoms with Crippen LogP contribution in [0.2, 0.25) is 0 Å². The molecular formula is C20H29N3O2. The molecule has 2 rings (SSSR count). The fraction of sp³-hybridized carbons (Fsp3) is 0.500. The van der Waals surface area contributed by atoms with Crippen molar-refractivity contribution in [1.29, 1.82) is 0 Å². The topological polar surface area (TPSA) is 58.4 Å². The minimum atomic E-state index is -0.125. The zero-order valence-corrected chi connectivity index (χ0v) is 16.1. The molecule has 2 aromatic rings. The lowest BCUT2D eigenvalue weighted by molar-refractivity contribution is 0.0939. The van der Waals surface area contributed by atoms with E-state index in [-0.39, 0.29) is 17.9 Å². The maximum absolute atomic E-state index is 12.7. The van der Waals surface area contributed by atoms with Crippen LogP contribution in [-0.2, 0) is 6.42 Å². The van der Waals surface area contributed by atoms with E-state index in [1.165, 1.54) is 11.1 Å². The van der Waals surface area contributed by atoms with Gasteiger partial charge in [-0.1, -0.05) is 50.2 Å². The Morgan fingerprint density at radius 3 is 2.40 bits per heavy atom. The van der Waals surface area contributed by atoms with E-state index in [0.717, 1.165) is 6.42 Å². The van der Waals surface area contributed by atoms with Gasteiger partial charge in [-0.2, -0.15) is 0 Å². The summed E-state index contributed by atoms with van der Waals surface area (Å²) in [4.78, 5) is 14.8. The normalized spacial score (nSPS) is 12.6. The summed E-state index contributed by atoms with van der Waals surface area (Å²) in [5.41, 5.74) is 3.70. The number of hydrogen-bond acceptors (Lipinski definition) is 4. The van der Waals surface area contributed by atoms with Crippen LogP contribution in [-0.4, -0.2) is 36.6 Å². The lowest BCUT2D eigenvalue weighted by Gasteiger charge is -2.25. The van der Waals surface area contributed by atoms with E-state index in [2.05, 4.69) is 46.6 Å². The number of nitrogens with zero attached hydrogens (tertiary/aromatic N) is 2. The summed E-state index contributed by atoms with van der Waals surface area (Å²) in [6.07, 6.45) is 1.02. The third-order valence-corrected chi connectivity index (χ3v) is 4.49. The third-order valence-electron chi connectivity index (χ3n) is 4.49. The van der Waals surface area contributed by atoms with E-state index in [9.17, 15) is 4.79 Å². The van der Waals surface area contributed by atoms with Crippen LogP contribution < -0.4 is 5.32 Å². The molecule has 1 atom stereocenters. The molecule has 0 bridgehead atoms. The number of carbonyl (C=O) groups is 1. The van der Waals surface area contributed by atoms with Crippen LogP contribution in [0, 0.1) is 6.92 Å². The molecule has 25 heavy (non-hydrogen) atoms. The predicted octanol–water partition coefficient (Wildman–Crippen LogP) is 3.70. The van der Waals surface area contributed by atoms with Crippen molar-refractivity contribution in [2.45, 2.75) is 46.1 Å². The summed E-state index contributed by atoms with van der Waals surface area (Å²) >= 11 is 0. The first-order chi connectivity index (χ1) is 11.8. The second kappa shape index (κ2) is 8.30. The quantitative estimate of drug-likeness (QED) is 0.833. The highest BCUT2D eigenvalue weighted by molar-refractivity contribution is 5.96. The Bertz CT molecular complexity index is 702. The molecule has 1 amide bonds. The highest BCUT2D eigenvalue weighted by Crippen LogP contribution is 2.23. The van der Waals surface area contributed by atoms with Crippen molar-refractivity contribution in [3.63, 3.8) is 0 Å². The van der Waals surface area contributed by atoms with Crippen LogP contribution in [0.25, 0.3) is 0 Å². The van der Waals surface area contributed by atoms with Crippen LogP contribution in [0.5, 0.6) is 0 Å². The number of carbonyl (C=O) groups excluding carboxylic acids is 1. The number of likely N-dealkylation sites (N-methyl/N-ethyl adjacent to an activating group) is 1. The van der Waals surface area contributed by atoms with Gasteiger partial charge in [0, 0.05) is 12.5 Å². The summed E-state index contributed by atoms with van der Waals surface area (Å²) in [6.45, 7) is 8.46. The smallest absolute Gasteiger partial charge is 0.256 e. The van der Waals surface area contributed by atoms with Gasteiger partial charge in [-0.25, -0.2) is 0 Å². The minimum absolute atomic E-state index is 0.109. The number of benzene rings is 1. The summed E-state index contributed by atoms with van der Waals surface area (Å²) in [5.74, 6) is 0.636. The van der Waals surface area contributed by atoms with Gasteiger partial charge in [-0.05, 0) is 38.6 Å². The molecular weight excluding hydrogens is 314 g/mol. The first-order valence-corrected chi connectivity index (χ1v) is 8.84. The number of amides is 1. The molecule has 0 aliphatic rings. The van der Waals surface area contributed by atoms with Gasteiger partial charge in [-0.3, -0.25) is 4.79 Å². The summed E-state index contributed by atoms with van der Waals surface area (Å²) in [5, 5.41) is 7.00. The Morgan fingerprint density at radius 2 is 1.88 bits per heavy atom. The molecule has 0 spiro atoms. The standard InChI is InChI=1S/C20H29N3O2/c1-7-15-8-10-16(11-9-15)17(23(5)6)12-21-20(24)18-14(4)22-25-19(18)13(2)3/h8-11,13,17H,7,12H2,1-6H3,(H,21,24). The molecule has 5 heteroatoms. The Hall–Kier alpha value is -2.14. The van der Waals surface area contributed by atoms with Gasteiger partial charge >= 0.3 is 0 Å². The van der Waals surface area contributed by atoms with Gasteiger partial charge < -0.3 is 14.7 Å². The van der Waals surface area contributed by atoms with Gasteiger partial charge in [-0.15, -0.1) is 0 Å². The minimum Gasteiger partial charge on any atom is -0.360 e. The molecule has 5 nitrogen and oxygen atoms in total. The Labute approximate surface area is 150 Å². The van der Waals surface area contributed by atoms with Crippen LogP contribution >= 0.6 is 0 Å². The molecule has 0 fully saturated rings. The van der Waals surface area contributed by atoms with Gasteiger partial charge in [0.2, 0.25) is 0 Å². The lowest BCUT2D eigenvalue weighted by atomic mass is 10.0. The van der Waals surface area contributed by atoms with E-state index in [4.69, 9.17) is 4.52 Å². The van der Waals surface area contributed by atoms with Crippen molar-refractivity contribution < 1.29 is 9.32 Å². The van der Waals surface area contributed by atoms with Crippen LogP contribution in [0.1, 0.15) is 65.7 Å². The van der Waals surface area contributed by atoms with E-state index in [1.807, 2.05) is 27.9 Å². The molecule has 1 unspecified atom stereocenters. The molecule has 1 N–H and O–H groups in total. The van der Waals surface area contributed by atoms with Crippen molar-refractivity contribution in [3.8, 4) is 0 Å².